The molecule has 4 aromatic heterocycles. The maximum atomic E-state index is 14.3. The molecular weight excluding hydrogens is 505 g/mol. The molecule has 1 saturated heterocycles. The maximum absolute atomic E-state index is 14.3. The van der Waals surface area contributed by atoms with Crippen molar-refractivity contribution in [3.63, 3.8) is 0 Å². The third kappa shape index (κ3) is 4.58. The highest BCUT2D eigenvalue weighted by atomic mass is 19.1. The number of pyridine rings is 2. The van der Waals surface area contributed by atoms with Crippen LogP contribution in [0.3, 0.4) is 0 Å². The fraction of sp³-hybridized carbons (Fsp3) is 0.226. The third-order valence-corrected chi connectivity index (χ3v) is 7.55. The van der Waals surface area contributed by atoms with Crippen LogP contribution in [0.15, 0.2) is 67.1 Å². The second kappa shape index (κ2) is 10.2. The number of hydrogen-bond donors (Lipinski definition) is 2. The summed E-state index contributed by atoms with van der Waals surface area (Å²) in [6.45, 7) is 3.22. The first-order valence-corrected chi connectivity index (χ1v) is 13.5. The topological polar surface area (TPSA) is 95.6 Å². The van der Waals surface area contributed by atoms with Crippen LogP contribution in [0.2, 0.25) is 0 Å². The van der Waals surface area contributed by atoms with Crippen molar-refractivity contribution in [2.24, 2.45) is 0 Å². The minimum absolute atomic E-state index is 0.399. The summed E-state index contributed by atoms with van der Waals surface area (Å²) < 4.78 is 19.5. The van der Waals surface area contributed by atoms with E-state index in [1.165, 1.54) is 44.1 Å². The highest BCUT2D eigenvalue weighted by Gasteiger charge is 2.18. The van der Waals surface area contributed by atoms with Gasteiger partial charge in [0.2, 0.25) is 0 Å². The molecule has 1 aliphatic heterocycles. The zero-order valence-electron chi connectivity index (χ0n) is 22.1. The number of H-pyrrole nitrogens is 2. The number of imidazole rings is 1. The van der Waals surface area contributed by atoms with E-state index in [0.29, 0.717) is 34.0 Å². The predicted octanol–water partition coefficient (Wildman–Crippen LogP) is 6.36. The number of aromatic amines is 2. The Bertz CT molecular complexity index is 1840. The number of aromatic nitrogens is 6. The Morgan fingerprint density at radius 3 is 2.67 bits per heavy atom. The van der Waals surface area contributed by atoms with Gasteiger partial charge in [-0.05, 0) is 73.5 Å². The van der Waals surface area contributed by atoms with Crippen molar-refractivity contribution >= 4 is 21.9 Å². The average molecular weight is 534 g/mol. The van der Waals surface area contributed by atoms with Crippen LogP contribution in [-0.2, 0) is 6.54 Å². The van der Waals surface area contributed by atoms with E-state index in [1.54, 1.807) is 12.3 Å². The van der Waals surface area contributed by atoms with Crippen molar-refractivity contribution in [2.75, 3.05) is 20.2 Å². The molecule has 0 spiro atoms. The lowest BCUT2D eigenvalue weighted by Crippen LogP contribution is -2.29. The van der Waals surface area contributed by atoms with E-state index in [1.807, 2.05) is 24.5 Å². The van der Waals surface area contributed by atoms with Gasteiger partial charge in [-0.2, -0.15) is 5.10 Å². The summed E-state index contributed by atoms with van der Waals surface area (Å²) in [6.07, 6.45) is 9.42. The number of nitrogens with one attached hydrogen (secondary N) is 2. The van der Waals surface area contributed by atoms with Crippen molar-refractivity contribution in [3.8, 4) is 39.7 Å². The summed E-state index contributed by atoms with van der Waals surface area (Å²) in [5, 5.41) is 8.67. The van der Waals surface area contributed by atoms with E-state index in [9.17, 15) is 4.39 Å². The van der Waals surface area contributed by atoms with E-state index >= 15 is 0 Å². The number of rotatable bonds is 6. The molecule has 200 valence electrons. The molecule has 7 rings (SSSR count). The Labute approximate surface area is 230 Å². The summed E-state index contributed by atoms with van der Waals surface area (Å²) >= 11 is 0. The van der Waals surface area contributed by atoms with E-state index in [0.717, 1.165) is 47.2 Å². The molecule has 2 aromatic carbocycles. The molecule has 6 aromatic rings. The average Bonchev–Trinajstić information content (AvgIpc) is 3.61. The van der Waals surface area contributed by atoms with Crippen LogP contribution in [0.5, 0.6) is 5.75 Å². The van der Waals surface area contributed by atoms with Crippen LogP contribution in [0.25, 0.3) is 55.8 Å². The summed E-state index contributed by atoms with van der Waals surface area (Å²) in [4.78, 5) is 19.8. The third-order valence-electron chi connectivity index (χ3n) is 7.55. The van der Waals surface area contributed by atoms with Gasteiger partial charge in [-0.25, -0.2) is 9.37 Å². The van der Waals surface area contributed by atoms with Gasteiger partial charge in [0.15, 0.2) is 5.82 Å². The molecule has 5 heterocycles. The van der Waals surface area contributed by atoms with Gasteiger partial charge in [-0.3, -0.25) is 20.0 Å². The number of ether oxygens (including phenoxy) is 1. The molecule has 0 bridgehead atoms. The molecule has 1 fully saturated rings. The summed E-state index contributed by atoms with van der Waals surface area (Å²) in [5.41, 5.74) is 7.53. The molecule has 40 heavy (non-hydrogen) atoms. The van der Waals surface area contributed by atoms with Gasteiger partial charge in [0.25, 0.3) is 0 Å². The lowest BCUT2D eigenvalue weighted by molar-refractivity contribution is 0.220. The zero-order chi connectivity index (χ0) is 27.1. The number of hydrogen-bond acceptors (Lipinski definition) is 6. The Balaban J connectivity index is 1.26. The van der Waals surface area contributed by atoms with E-state index in [2.05, 4.69) is 48.2 Å². The SMILES string of the molecule is COc1cc(F)cc(-c2nccc3[nH]c(-c4n[nH]c5ccc(-c6cncc(CN7CCCCC7)c6)cc45)nc23)c1. The second-order valence-corrected chi connectivity index (χ2v) is 10.3. The van der Waals surface area contributed by atoms with Crippen molar-refractivity contribution in [1.82, 2.24) is 35.0 Å². The van der Waals surface area contributed by atoms with Crippen LogP contribution < -0.4 is 4.74 Å². The highest BCUT2D eigenvalue weighted by Crippen LogP contribution is 2.33. The number of fused-ring (bicyclic) bond motifs is 2. The van der Waals surface area contributed by atoms with Gasteiger partial charge in [-0.1, -0.05) is 12.5 Å². The Kier molecular flexibility index (Phi) is 6.20. The summed E-state index contributed by atoms with van der Waals surface area (Å²) in [5.74, 6) is 0.627. The van der Waals surface area contributed by atoms with Gasteiger partial charge in [0.1, 0.15) is 22.8 Å². The van der Waals surface area contributed by atoms with Crippen LogP contribution >= 0.6 is 0 Å². The lowest BCUT2D eigenvalue weighted by Gasteiger charge is -2.26. The van der Waals surface area contributed by atoms with Crippen molar-refractivity contribution in [3.05, 3.63) is 78.5 Å². The molecule has 0 aliphatic carbocycles. The standard InChI is InChI=1S/C31H28FN7O/c1-40-24-13-21(12-23(32)15-24)28-30-27(7-8-34-28)35-31(36-30)29-25-14-20(5-6-26(25)37-38-29)22-11-19(16-33-17-22)18-39-9-3-2-4-10-39/h5-8,11-17H,2-4,9-10,18H2,1H3,(H,35,36)(H,37,38). The zero-order valence-corrected chi connectivity index (χ0v) is 22.1. The predicted molar refractivity (Wildman–Crippen MR) is 153 cm³/mol. The Morgan fingerprint density at radius 1 is 0.900 bits per heavy atom. The van der Waals surface area contributed by atoms with Gasteiger partial charge in [0.05, 0.1) is 23.8 Å². The monoisotopic (exact) mass is 533 g/mol. The molecule has 0 radical (unpaired) electrons. The van der Waals surface area contributed by atoms with Gasteiger partial charge in [-0.15, -0.1) is 0 Å². The van der Waals surface area contributed by atoms with Crippen molar-refractivity contribution in [2.45, 2.75) is 25.8 Å². The summed E-state index contributed by atoms with van der Waals surface area (Å²) in [7, 11) is 1.51. The van der Waals surface area contributed by atoms with E-state index in [4.69, 9.17) is 9.72 Å². The Hall–Kier alpha value is -4.63. The van der Waals surface area contributed by atoms with Crippen LogP contribution in [0, 0.1) is 5.82 Å². The number of benzene rings is 2. The Morgan fingerprint density at radius 2 is 1.80 bits per heavy atom. The molecular formula is C31H28FN7O. The van der Waals surface area contributed by atoms with Crippen LogP contribution in [0.4, 0.5) is 4.39 Å². The molecule has 9 heteroatoms. The number of halogens is 1. The number of likely N-dealkylation sites (tertiary alicyclic amines) is 1. The van der Waals surface area contributed by atoms with Crippen LogP contribution in [-0.4, -0.2) is 55.2 Å². The molecule has 1 aliphatic rings. The molecule has 0 unspecified atom stereocenters. The quantitative estimate of drug-likeness (QED) is 0.259. The van der Waals surface area contributed by atoms with Gasteiger partial charge in [0, 0.05) is 47.7 Å². The van der Waals surface area contributed by atoms with Crippen LogP contribution in [0.1, 0.15) is 24.8 Å². The summed E-state index contributed by atoms with van der Waals surface area (Å²) in [6, 6.07) is 14.9. The molecule has 8 nitrogen and oxygen atoms in total. The largest absolute Gasteiger partial charge is 0.497 e. The van der Waals surface area contributed by atoms with E-state index < -0.39 is 5.82 Å². The molecule has 2 N–H and O–H groups in total. The minimum atomic E-state index is -0.399. The number of piperidine rings is 1. The second-order valence-electron chi connectivity index (χ2n) is 10.3. The minimum Gasteiger partial charge on any atom is -0.497 e. The molecule has 0 amide bonds. The maximum Gasteiger partial charge on any atom is 0.159 e. The molecule has 0 atom stereocenters. The fourth-order valence-corrected chi connectivity index (χ4v) is 5.56. The van der Waals surface area contributed by atoms with Crippen molar-refractivity contribution < 1.29 is 9.13 Å². The highest BCUT2D eigenvalue weighted by molar-refractivity contribution is 5.97. The van der Waals surface area contributed by atoms with Gasteiger partial charge >= 0.3 is 0 Å². The fourth-order valence-electron chi connectivity index (χ4n) is 5.56. The first-order chi connectivity index (χ1) is 19.6. The van der Waals surface area contributed by atoms with E-state index in [-0.39, 0.29) is 0 Å². The number of nitrogens with zero attached hydrogens (tertiary/aromatic N) is 5. The first kappa shape index (κ1) is 24.4. The number of methoxy groups -OCH3 is 1. The normalized spacial score (nSPS) is 14.2. The first-order valence-electron chi connectivity index (χ1n) is 13.5. The molecule has 0 saturated carbocycles. The van der Waals surface area contributed by atoms with Gasteiger partial charge < -0.3 is 9.72 Å². The lowest BCUT2D eigenvalue weighted by atomic mass is 10.0. The smallest absolute Gasteiger partial charge is 0.159 e. The van der Waals surface area contributed by atoms with Crippen molar-refractivity contribution in [1.29, 1.82) is 0 Å².